The van der Waals surface area contributed by atoms with Crippen molar-refractivity contribution in [3.05, 3.63) is 28.8 Å². The van der Waals surface area contributed by atoms with Crippen molar-refractivity contribution in [2.75, 3.05) is 13.1 Å². The number of rotatable bonds is 3. The van der Waals surface area contributed by atoms with Crippen molar-refractivity contribution in [2.45, 2.75) is 24.2 Å². The lowest BCUT2D eigenvalue weighted by atomic mass is 10.2. The van der Waals surface area contributed by atoms with Crippen LogP contribution in [0.4, 0.5) is 0 Å². The van der Waals surface area contributed by atoms with Crippen LogP contribution in [0.1, 0.15) is 24.8 Å². The van der Waals surface area contributed by atoms with Crippen LogP contribution in [0, 0.1) is 11.3 Å². The molecular formula is C12H14ClN3O2S. The molecule has 1 saturated heterocycles. The summed E-state index contributed by atoms with van der Waals surface area (Å²) in [4.78, 5) is 2.53. The van der Waals surface area contributed by atoms with E-state index in [1.54, 1.807) is 5.01 Å². The van der Waals surface area contributed by atoms with Gasteiger partial charge in [0.15, 0.2) is 0 Å². The standard InChI is InChI=1S/C12H14ClN3O2S/c13-11-8-10(9-14)4-5-12(11)19(17,18)15-16-6-2-1-3-7-16/h4-5,8,15H,1-3,6-7H2. The zero-order valence-electron chi connectivity index (χ0n) is 10.3. The first-order chi connectivity index (χ1) is 9.03. The Morgan fingerprint density at radius 2 is 1.95 bits per heavy atom. The molecule has 0 saturated carbocycles. The summed E-state index contributed by atoms with van der Waals surface area (Å²) >= 11 is 5.92. The zero-order valence-corrected chi connectivity index (χ0v) is 11.8. The molecule has 7 heteroatoms. The van der Waals surface area contributed by atoms with Crippen molar-refractivity contribution < 1.29 is 8.42 Å². The number of nitrogens with zero attached hydrogens (tertiary/aromatic N) is 2. The summed E-state index contributed by atoms with van der Waals surface area (Å²) in [6.07, 6.45) is 3.07. The number of benzene rings is 1. The molecule has 2 rings (SSSR count). The minimum Gasteiger partial charge on any atom is -0.230 e. The van der Waals surface area contributed by atoms with E-state index >= 15 is 0 Å². The highest BCUT2D eigenvalue weighted by Crippen LogP contribution is 2.22. The highest BCUT2D eigenvalue weighted by Gasteiger charge is 2.22. The van der Waals surface area contributed by atoms with E-state index < -0.39 is 10.0 Å². The molecule has 1 aliphatic heterocycles. The van der Waals surface area contributed by atoms with Crippen molar-refractivity contribution in [1.29, 1.82) is 5.26 Å². The Morgan fingerprint density at radius 1 is 1.26 bits per heavy atom. The molecule has 1 aromatic carbocycles. The summed E-state index contributed by atoms with van der Waals surface area (Å²) in [7, 11) is -3.68. The van der Waals surface area contributed by atoms with Crippen LogP contribution in [-0.4, -0.2) is 26.5 Å². The number of nitrogens with one attached hydrogen (secondary N) is 1. The zero-order chi connectivity index (χ0) is 13.9. The highest BCUT2D eigenvalue weighted by atomic mass is 35.5. The van der Waals surface area contributed by atoms with Gasteiger partial charge in [0, 0.05) is 13.1 Å². The van der Waals surface area contributed by atoms with Crippen LogP contribution in [0.25, 0.3) is 0 Å². The topological polar surface area (TPSA) is 73.2 Å². The predicted octanol–water partition coefficient (Wildman–Crippen LogP) is 1.89. The van der Waals surface area contributed by atoms with Gasteiger partial charge in [-0.2, -0.15) is 5.26 Å². The first-order valence-corrected chi connectivity index (χ1v) is 7.86. The first kappa shape index (κ1) is 14.3. The molecular weight excluding hydrogens is 286 g/mol. The van der Waals surface area contributed by atoms with Crippen LogP contribution in [0.3, 0.4) is 0 Å². The number of sulfonamides is 1. The molecule has 0 spiro atoms. The Labute approximate surface area is 117 Å². The van der Waals surface area contributed by atoms with E-state index in [9.17, 15) is 8.42 Å². The van der Waals surface area contributed by atoms with Crippen molar-refractivity contribution in [1.82, 2.24) is 9.84 Å². The summed E-state index contributed by atoms with van der Waals surface area (Å²) in [5.41, 5.74) is 0.335. The lowest BCUT2D eigenvalue weighted by Gasteiger charge is -2.26. The lowest BCUT2D eigenvalue weighted by Crippen LogP contribution is -2.44. The van der Waals surface area contributed by atoms with Crippen LogP contribution < -0.4 is 4.83 Å². The maximum atomic E-state index is 12.2. The maximum Gasteiger partial charge on any atom is 0.254 e. The van der Waals surface area contributed by atoms with Crippen molar-refractivity contribution in [2.24, 2.45) is 0 Å². The monoisotopic (exact) mass is 299 g/mol. The van der Waals surface area contributed by atoms with E-state index in [2.05, 4.69) is 4.83 Å². The predicted molar refractivity (Wildman–Crippen MR) is 71.9 cm³/mol. The molecule has 0 aliphatic carbocycles. The normalized spacial score (nSPS) is 17.1. The molecule has 0 amide bonds. The van der Waals surface area contributed by atoms with Gasteiger partial charge in [-0.05, 0) is 31.0 Å². The fourth-order valence-corrected chi connectivity index (χ4v) is 3.66. The number of hydrazine groups is 1. The second kappa shape index (κ2) is 5.88. The number of halogens is 1. The molecule has 1 aromatic rings. The lowest BCUT2D eigenvalue weighted by molar-refractivity contribution is 0.200. The molecule has 0 unspecified atom stereocenters. The average molecular weight is 300 g/mol. The number of nitriles is 1. The van der Waals surface area contributed by atoms with Crippen LogP contribution in [-0.2, 0) is 10.0 Å². The van der Waals surface area contributed by atoms with Crippen molar-refractivity contribution in [3.8, 4) is 6.07 Å². The van der Waals surface area contributed by atoms with Gasteiger partial charge in [0.05, 0.1) is 16.7 Å². The Morgan fingerprint density at radius 3 is 2.53 bits per heavy atom. The molecule has 1 fully saturated rings. The third-order valence-corrected chi connectivity index (χ3v) is 4.81. The molecule has 1 N–H and O–H groups in total. The Balaban J connectivity index is 2.22. The molecule has 102 valence electrons. The summed E-state index contributed by atoms with van der Waals surface area (Å²) in [6, 6.07) is 6.07. The Kier molecular flexibility index (Phi) is 4.42. The van der Waals surface area contributed by atoms with Gasteiger partial charge in [0.25, 0.3) is 10.0 Å². The van der Waals surface area contributed by atoms with Gasteiger partial charge < -0.3 is 0 Å². The third-order valence-electron chi connectivity index (χ3n) is 2.96. The second-order valence-electron chi connectivity index (χ2n) is 4.40. The van der Waals surface area contributed by atoms with Gasteiger partial charge in [-0.15, -0.1) is 4.83 Å². The Hall–Kier alpha value is -1.13. The second-order valence-corrected chi connectivity index (χ2v) is 6.44. The summed E-state index contributed by atoms with van der Waals surface area (Å²) < 4.78 is 24.4. The van der Waals surface area contributed by atoms with E-state index in [0.717, 1.165) is 19.3 Å². The Bertz CT molecular complexity index is 604. The van der Waals surface area contributed by atoms with Crippen LogP contribution in [0.15, 0.2) is 23.1 Å². The maximum absolute atomic E-state index is 12.2. The average Bonchev–Trinajstić information content (AvgIpc) is 2.38. The van der Waals surface area contributed by atoms with Crippen LogP contribution in [0.2, 0.25) is 5.02 Å². The number of piperidine rings is 1. The molecule has 19 heavy (non-hydrogen) atoms. The smallest absolute Gasteiger partial charge is 0.230 e. The number of hydrogen-bond acceptors (Lipinski definition) is 4. The molecule has 0 aromatic heterocycles. The fourth-order valence-electron chi connectivity index (χ4n) is 1.99. The van der Waals surface area contributed by atoms with Gasteiger partial charge in [0.1, 0.15) is 4.90 Å². The summed E-state index contributed by atoms with van der Waals surface area (Å²) in [6.45, 7) is 1.40. The fraction of sp³-hybridized carbons (Fsp3) is 0.417. The molecule has 1 heterocycles. The largest absolute Gasteiger partial charge is 0.254 e. The van der Waals surface area contributed by atoms with Crippen LogP contribution in [0.5, 0.6) is 0 Å². The van der Waals surface area contributed by atoms with E-state index in [-0.39, 0.29) is 9.92 Å². The molecule has 0 atom stereocenters. The van der Waals surface area contributed by atoms with Gasteiger partial charge in [-0.25, -0.2) is 13.4 Å². The molecule has 0 radical (unpaired) electrons. The van der Waals surface area contributed by atoms with E-state index in [4.69, 9.17) is 16.9 Å². The SMILES string of the molecule is N#Cc1ccc(S(=O)(=O)NN2CCCCC2)c(Cl)c1. The van der Waals surface area contributed by atoms with Gasteiger partial charge >= 0.3 is 0 Å². The van der Waals surface area contributed by atoms with Crippen molar-refractivity contribution in [3.63, 3.8) is 0 Å². The minimum absolute atomic E-state index is 0.00117. The van der Waals surface area contributed by atoms with E-state index in [1.165, 1.54) is 18.2 Å². The molecule has 1 aliphatic rings. The van der Waals surface area contributed by atoms with Gasteiger partial charge in [-0.1, -0.05) is 18.0 Å². The van der Waals surface area contributed by atoms with Gasteiger partial charge in [-0.3, -0.25) is 0 Å². The van der Waals surface area contributed by atoms with Gasteiger partial charge in [0.2, 0.25) is 0 Å². The van der Waals surface area contributed by atoms with Crippen LogP contribution >= 0.6 is 11.6 Å². The quantitative estimate of drug-likeness (QED) is 0.925. The third kappa shape index (κ3) is 3.45. The summed E-state index contributed by atoms with van der Waals surface area (Å²) in [5.74, 6) is 0. The van der Waals surface area contributed by atoms with E-state index in [0.29, 0.717) is 18.7 Å². The van der Waals surface area contributed by atoms with E-state index in [1.807, 2.05) is 6.07 Å². The first-order valence-electron chi connectivity index (χ1n) is 6.00. The molecule has 0 bridgehead atoms. The highest BCUT2D eigenvalue weighted by molar-refractivity contribution is 7.89. The van der Waals surface area contributed by atoms with Crippen molar-refractivity contribution >= 4 is 21.6 Å². The molecule has 5 nitrogen and oxygen atoms in total. The number of hydrogen-bond donors (Lipinski definition) is 1. The summed E-state index contributed by atoms with van der Waals surface area (Å²) in [5, 5.41) is 10.5. The minimum atomic E-state index is -3.68.